The average Bonchev–Trinajstić information content (AvgIpc) is 2.48. The van der Waals surface area contributed by atoms with Gasteiger partial charge in [-0.25, -0.2) is 0 Å². The van der Waals surface area contributed by atoms with Gasteiger partial charge in [0.1, 0.15) is 6.54 Å². The van der Waals surface area contributed by atoms with Gasteiger partial charge in [0.2, 0.25) is 0 Å². The van der Waals surface area contributed by atoms with Crippen molar-refractivity contribution in [2.75, 3.05) is 10.8 Å². The van der Waals surface area contributed by atoms with Crippen LogP contribution in [0.2, 0.25) is 5.02 Å². The van der Waals surface area contributed by atoms with Crippen molar-refractivity contribution in [3.8, 4) is 0 Å². The summed E-state index contributed by atoms with van der Waals surface area (Å²) in [7, 11) is 0. The summed E-state index contributed by atoms with van der Waals surface area (Å²) in [5, 5.41) is 9.88. The zero-order chi connectivity index (χ0) is 16.1. The second-order valence-corrected chi connectivity index (χ2v) is 6.43. The van der Waals surface area contributed by atoms with Gasteiger partial charge in [-0.1, -0.05) is 42.3 Å². The molecule has 0 heterocycles. The third-order valence-electron chi connectivity index (χ3n) is 3.23. The highest BCUT2D eigenvalue weighted by molar-refractivity contribution is 8.00. The van der Waals surface area contributed by atoms with Gasteiger partial charge in [0.15, 0.2) is 0 Å². The van der Waals surface area contributed by atoms with Crippen LogP contribution in [-0.4, -0.2) is 17.6 Å². The lowest BCUT2D eigenvalue weighted by atomic mass is 10.1. The number of nitrogens with zero attached hydrogens (tertiary/aromatic N) is 1. The van der Waals surface area contributed by atoms with Gasteiger partial charge in [-0.3, -0.25) is 4.79 Å². The van der Waals surface area contributed by atoms with E-state index < -0.39 is 5.97 Å². The van der Waals surface area contributed by atoms with Crippen molar-refractivity contribution < 1.29 is 9.90 Å². The van der Waals surface area contributed by atoms with Crippen molar-refractivity contribution in [1.82, 2.24) is 0 Å². The summed E-state index contributed by atoms with van der Waals surface area (Å²) < 4.78 is 1.78. The molecule has 0 bridgehead atoms. The van der Waals surface area contributed by atoms with E-state index in [1.165, 1.54) is 17.5 Å². The number of rotatable bonds is 6. The quantitative estimate of drug-likeness (QED) is 0.769. The van der Waals surface area contributed by atoms with Crippen LogP contribution in [-0.2, 0) is 11.2 Å². The highest BCUT2D eigenvalue weighted by Crippen LogP contribution is 2.34. The Morgan fingerprint density at radius 2 is 1.91 bits per heavy atom. The molecular formula is C17H18ClNO2S. The molecule has 0 spiro atoms. The molecule has 0 saturated heterocycles. The Morgan fingerprint density at radius 3 is 2.50 bits per heavy atom. The van der Waals surface area contributed by atoms with Gasteiger partial charge in [-0.2, -0.15) is 0 Å². The molecule has 0 fully saturated rings. The van der Waals surface area contributed by atoms with Crippen LogP contribution >= 0.6 is 23.5 Å². The topological polar surface area (TPSA) is 40.5 Å². The normalized spacial score (nSPS) is 10.5. The van der Waals surface area contributed by atoms with E-state index in [-0.39, 0.29) is 6.54 Å². The summed E-state index contributed by atoms with van der Waals surface area (Å²) in [5.74, 6) is -0.873. The third-order valence-corrected chi connectivity index (χ3v) is 4.62. The fourth-order valence-electron chi connectivity index (χ4n) is 2.15. The van der Waals surface area contributed by atoms with E-state index in [2.05, 4.69) is 0 Å². The molecule has 0 amide bonds. The number of carboxylic acid groups (broad SMARTS) is 1. The van der Waals surface area contributed by atoms with Crippen LogP contribution in [0.4, 0.5) is 5.69 Å². The molecule has 0 saturated carbocycles. The Labute approximate surface area is 140 Å². The van der Waals surface area contributed by atoms with Crippen LogP contribution in [0.1, 0.15) is 18.1 Å². The van der Waals surface area contributed by atoms with E-state index in [1.807, 2.05) is 56.3 Å². The van der Waals surface area contributed by atoms with Crippen molar-refractivity contribution in [2.45, 2.75) is 25.2 Å². The lowest BCUT2D eigenvalue weighted by molar-refractivity contribution is -0.135. The first-order valence-corrected chi connectivity index (χ1v) is 8.17. The van der Waals surface area contributed by atoms with Crippen LogP contribution < -0.4 is 4.31 Å². The molecule has 116 valence electrons. The summed E-state index contributed by atoms with van der Waals surface area (Å²) >= 11 is 7.66. The maximum atomic E-state index is 11.2. The third kappa shape index (κ3) is 4.18. The number of benzene rings is 2. The number of aliphatic carboxylic acids is 1. The number of hydrogen-bond donors (Lipinski definition) is 1. The predicted molar refractivity (Wildman–Crippen MR) is 92.8 cm³/mol. The predicted octanol–water partition coefficient (Wildman–Crippen LogP) is 4.81. The molecule has 3 nitrogen and oxygen atoms in total. The SMILES string of the molecule is CCc1c(Cl)cccc1N(CC(=O)O)Sc1ccc(C)cc1. The van der Waals surface area contributed by atoms with Gasteiger partial charge >= 0.3 is 5.97 Å². The minimum Gasteiger partial charge on any atom is -0.480 e. The van der Waals surface area contributed by atoms with Crippen LogP contribution in [0.25, 0.3) is 0 Å². The first-order valence-electron chi connectivity index (χ1n) is 7.02. The van der Waals surface area contributed by atoms with Gasteiger partial charge < -0.3 is 9.41 Å². The molecule has 0 aliphatic carbocycles. The molecule has 2 rings (SSSR count). The Balaban J connectivity index is 2.36. The number of anilines is 1. The van der Waals surface area contributed by atoms with Crippen molar-refractivity contribution in [3.05, 3.63) is 58.6 Å². The highest BCUT2D eigenvalue weighted by Gasteiger charge is 2.17. The van der Waals surface area contributed by atoms with Crippen LogP contribution in [0.3, 0.4) is 0 Å². The van der Waals surface area contributed by atoms with Crippen LogP contribution in [0.15, 0.2) is 47.4 Å². The standard InChI is InChI=1S/C17H18ClNO2S/c1-3-14-15(18)5-4-6-16(14)19(11-17(20)21)22-13-9-7-12(2)8-10-13/h4-10H,3,11H2,1-2H3,(H,20,21). The Bertz CT molecular complexity index is 658. The van der Waals surface area contributed by atoms with Gasteiger partial charge in [0, 0.05) is 9.92 Å². The molecule has 2 aromatic carbocycles. The van der Waals surface area contributed by atoms with Gasteiger partial charge in [0.25, 0.3) is 0 Å². The van der Waals surface area contributed by atoms with Gasteiger partial charge in [-0.15, -0.1) is 0 Å². The molecule has 2 aromatic rings. The summed E-state index contributed by atoms with van der Waals surface area (Å²) in [6, 6.07) is 13.6. The van der Waals surface area contributed by atoms with E-state index in [0.29, 0.717) is 5.02 Å². The molecule has 0 radical (unpaired) electrons. The number of hydrogen-bond acceptors (Lipinski definition) is 3. The first-order chi connectivity index (χ1) is 10.5. The molecule has 0 aliphatic heterocycles. The zero-order valence-corrected chi connectivity index (χ0v) is 14.1. The molecule has 22 heavy (non-hydrogen) atoms. The van der Waals surface area contributed by atoms with E-state index >= 15 is 0 Å². The maximum Gasteiger partial charge on any atom is 0.324 e. The smallest absolute Gasteiger partial charge is 0.324 e. The second-order valence-electron chi connectivity index (χ2n) is 4.93. The summed E-state index contributed by atoms with van der Waals surface area (Å²) in [6.07, 6.45) is 0.750. The Kier molecular flexibility index (Phi) is 5.75. The van der Waals surface area contributed by atoms with E-state index in [0.717, 1.165) is 22.6 Å². The Morgan fingerprint density at radius 1 is 1.23 bits per heavy atom. The van der Waals surface area contributed by atoms with E-state index in [4.69, 9.17) is 11.6 Å². The lowest BCUT2D eigenvalue weighted by Gasteiger charge is -2.24. The molecule has 5 heteroatoms. The zero-order valence-electron chi connectivity index (χ0n) is 12.5. The highest BCUT2D eigenvalue weighted by atomic mass is 35.5. The summed E-state index contributed by atoms with van der Waals surface area (Å²) in [4.78, 5) is 12.2. The largest absolute Gasteiger partial charge is 0.480 e. The molecule has 1 N–H and O–H groups in total. The number of halogens is 1. The summed E-state index contributed by atoms with van der Waals surface area (Å²) in [5.41, 5.74) is 2.99. The van der Waals surface area contributed by atoms with Crippen molar-refractivity contribution in [2.24, 2.45) is 0 Å². The molecule has 0 atom stereocenters. The molecule has 0 aromatic heterocycles. The molecular weight excluding hydrogens is 318 g/mol. The van der Waals surface area contributed by atoms with Crippen LogP contribution in [0, 0.1) is 6.92 Å². The second kappa shape index (κ2) is 7.56. The number of carboxylic acids is 1. The fraction of sp³-hybridized carbons (Fsp3) is 0.235. The first kappa shape index (κ1) is 16.7. The molecule has 0 aliphatic rings. The fourth-order valence-corrected chi connectivity index (χ4v) is 3.41. The van der Waals surface area contributed by atoms with Crippen LogP contribution in [0.5, 0.6) is 0 Å². The summed E-state index contributed by atoms with van der Waals surface area (Å²) in [6.45, 7) is 3.95. The minimum atomic E-state index is -0.873. The van der Waals surface area contributed by atoms with Gasteiger partial charge in [0.05, 0.1) is 5.69 Å². The van der Waals surface area contributed by atoms with Gasteiger partial charge in [-0.05, 0) is 55.1 Å². The maximum absolute atomic E-state index is 11.2. The van der Waals surface area contributed by atoms with Crippen molar-refractivity contribution in [3.63, 3.8) is 0 Å². The number of aryl methyl sites for hydroxylation is 1. The monoisotopic (exact) mass is 335 g/mol. The average molecular weight is 336 g/mol. The van der Waals surface area contributed by atoms with Crippen molar-refractivity contribution >= 4 is 35.2 Å². The van der Waals surface area contributed by atoms with Crippen molar-refractivity contribution in [1.29, 1.82) is 0 Å². The number of carbonyl (C=O) groups is 1. The lowest BCUT2D eigenvalue weighted by Crippen LogP contribution is -2.24. The Hall–Kier alpha value is -1.65. The minimum absolute atomic E-state index is 0.0914. The van der Waals surface area contributed by atoms with E-state index in [1.54, 1.807) is 4.31 Å². The van der Waals surface area contributed by atoms with E-state index in [9.17, 15) is 9.90 Å². The molecule has 0 unspecified atom stereocenters.